The smallest absolute Gasteiger partial charge is 0.270 e. The Morgan fingerprint density at radius 1 is 0.938 bits per heavy atom. The molecule has 1 rings (SSSR count). The average molecular weight is 224 g/mol. The van der Waals surface area contributed by atoms with Crippen molar-refractivity contribution in [1.29, 1.82) is 0 Å². The summed E-state index contributed by atoms with van der Waals surface area (Å²) in [4.78, 5) is 12.3. The fourth-order valence-electron chi connectivity index (χ4n) is 2.47. The normalized spacial score (nSPS) is 12.1. The lowest BCUT2D eigenvalue weighted by Gasteiger charge is -2.15. The van der Waals surface area contributed by atoms with Crippen molar-refractivity contribution >= 4 is 0 Å². The molecule has 0 saturated carbocycles. The molecule has 16 heavy (non-hydrogen) atoms. The fraction of sp³-hybridized carbons (Fsp3) is 0.769. The molecule has 0 aliphatic heterocycles. The Morgan fingerprint density at radius 2 is 1.44 bits per heavy atom. The van der Waals surface area contributed by atoms with Gasteiger partial charge >= 0.3 is 0 Å². The molecule has 92 valence electrons. The third-order valence-corrected chi connectivity index (χ3v) is 3.00. The van der Waals surface area contributed by atoms with Crippen molar-refractivity contribution in [1.82, 2.24) is 9.36 Å². The molecule has 0 fully saturated rings. The Bertz CT molecular complexity index is 422. The summed E-state index contributed by atoms with van der Waals surface area (Å²) in [6, 6.07) is 0.211. The second-order valence-corrected chi connectivity index (χ2v) is 5.38. The molecule has 0 spiro atoms. The Labute approximate surface area is 98.1 Å². The summed E-state index contributed by atoms with van der Waals surface area (Å²) < 4.78 is 3.89. The lowest BCUT2D eigenvalue weighted by atomic mass is 9.97. The van der Waals surface area contributed by atoms with E-state index in [-0.39, 0.29) is 17.5 Å². The summed E-state index contributed by atoms with van der Waals surface area (Å²) >= 11 is 0. The van der Waals surface area contributed by atoms with Crippen molar-refractivity contribution < 1.29 is 0 Å². The molecular formula is C13H24N2O. The van der Waals surface area contributed by atoms with Crippen LogP contribution < -0.4 is 5.56 Å². The minimum atomic E-state index is 0.177. The van der Waals surface area contributed by atoms with Crippen LogP contribution in [0.1, 0.15) is 70.7 Å². The van der Waals surface area contributed by atoms with Crippen molar-refractivity contribution in [2.45, 2.75) is 59.4 Å². The van der Waals surface area contributed by atoms with E-state index in [1.807, 2.05) is 16.4 Å². The zero-order chi connectivity index (χ0) is 12.6. The largest absolute Gasteiger partial charge is 0.289 e. The third-order valence-electron chi connectivity index (χ3n) is 3.00. The van der Waals surface area contributed by atoms with Crippen LogP contribution in [0.3, 0.4) is 0 Å². The number of rotatable bonds is 3. The molecular weight excluding hydrogens is 200 g/mol. The van der Waals surface area contributed by atoms with E-state index >= 15 is 0 Å². The fourth-order valence-corrected chi connectivity index (χ4v) is 2.47. The van der Waals surface area contributed by atoms with Gasteiger partial charge in [0.05, 0.1) is 0 Å². The van der Waals surface area contributed by atoms with Gasteiger partial charge in [-0.25, -0.2) is 4.68 Å². The maximum absolute atomic E-state index is 12.3. The van der Waals surface area contributed by atoms with E-state index < -0.39 is 0 Å². The first-order chi connectivity index (χ1) is 7.29. The number of nitrogens with zero attached hydrogens (tertiary/aromatic N) is 2. The quantitative estimate of drug-likeness (QED) is 0.775. The second kappa shape index (κ2) is 4.48. The molecule has 0 aromatic carbocycles. The van der Waals surface area contributed by atoms with Gasteiger partial charge < -0.3 is 0 Å². The highest BCUT2D eigenvalue weighted by atomic mass is 16.1. The van der Waals surface area contributed by atoms with Gasteiger partial charge in [-0.15, -0.1) is 0 Å². The zero-order valence-electron chi connectivity index (χ0n) is 11.5. The molecule has 3 heteroatoms. The standard InChI is InChI=1S/C13H24N2O/c1-8(2)11-12(9(3)4)14(7)15(10(5)6)13(11)16/h8-10H,1-7H3. The van der Waals surface area contributed by atoms with Gasteiger partial charge in [-0.1, -0.05) is 27.7 Å². The highest BCUT2D eigenvalue weighted by Crippen LogP contribution is 2.24. The van der Waals surface area contributed by atoms with Gasteiger partial charge in [-0.2, -0.15) is 0 Å². The summed E-state index contributed by atoms with van der Waals surface area (Å²) in [6.45, 7) is 12.6. The molecule has 0 saturated heterocycles. The SMILES string of the molecule is CC(C)c1c(C(C)C)n(C)n(C(C)C)c1=O. The van der Waals surface area contributed by atoms with Crippen LogP contribution in [-0.4, -0.2) is 9.36 Å². The minimum Gasteiger partial charge on any atom is -0.289 e. The first-order valence-electron chi connectivity index (χ1n) is 6.10. The molecule has 1 aromatic rings. The van der Waals surface area contributed by atoms with Crippen LogP contribution in [0.4, 0.5) is 0 Å². The topological polar surface area (TPSA) is 26.9 Å². The molecule has 0 N–H and O–H groups in total. The summed E-state index contributed by atoms with van der Waals surface area (Å²) in [7, 11) is 1.99. The van der Waals surface area contributed by atoms with E-state index in [9.17, 15) is 4.79 Å². The summed E-state index contributed by atoms with van der Waals surface area (Å²) in [5.41, 5.74) is 2.33. The summed E-state index contributed by atoms with van der Waals surface area (Å²) in [6.07, 6.45) is 0. The Balaban J connectivity index is 3.60. The first kappa shape index (κ1) is 13.1. The van der Waals surface area contributed by atoms with E-state index in [1.165, 1.54) is 5.69 Å². The second-order valence-electron chi connectivity index (χ2n) is 5.38. The zero-order valence-corrected chi connectivity index (χ0v) is 11.5. The van der Waals surface area contributed by atoms with Gasteiger partial charge in [0.15, 0.2) is 0 Å². The molecule has 0 radical (unpaired) electrons. The average Bonchev–Trinajstić information content (AvgIpc) is 2.36. The van der Waals surface area contributed by atoms with E-state index in [1.54, 1.807) is 0 Å². The lowest BCUT2D eigenvalue weighted by molar-refractivity contribution is 0.424. The van der Waals surface area contributed by atoms with Gasteiger partial charge in [0.25, 0.3) is 5.56 Å². The van der Waals surface area contributed by atoms with Crippen molar-refractivity contribution in [3.8, 4) is 0 Å². The summed E-state index contributed by atoms with van der Waals surface area (Å²) in [5.74, 6) is 0.672. The van der Waals surface area contributed by atoms with E-state index in [4.69, 9.17) is 0 Å². The van der Waals surface area contributed by atoms with Crippen LogP contribution >= 0.6 is 0 Å². The minimum absolute atomic E-state index is 0.177. The maximum Gasteiger partial charge on any atom is 0.270 e. The van der Waals surface area contributed by atoms with E-state index in [0.29, 0.717) is 5.92 Å². The van der Waals surface area contributed by atoms with E-state index in [0.717, 1.165) is 5.56 Å². The predicted molar refractivity (Wildman–Crippen MR) is 68.2 cm³/mol. The highest BCUT2D eigenvalue weighted by molar-refractivity contribution is 5.25. The molecule has 3 nitrogen and oxygen atoms in total. The molecule has 0 unspecified atom stereocenters. The molecule has 0 aliphatic rings. The van der Waals surface area contributed by atoms with Crippen LogP contribution in [0.5, 0.6) is 0 Å². The Hall–Kier alpha value is -0.990. The number of aromatic nitrogens is 2. The Kier molecular flexibility index (Phi) is 3.66. The lowest BCUT2D eigenvalue weighted by Crippen LogP contribution is -2.25. The van der Waals surface area contributed by atoms with Gasteiger partial charge in [-0.3, -0.25) is 9.48 Å². The van der Waals surface area contributed by atoms with Crippen molar-refractivity contribution in [2.75, 3.05) is 0 Å². The summed E-state index contributed by atoms with van der Waals surface area (Å²) in [5, 5.41) is 0. The number of hydrogen-bond acceptors (Lipinski definition) is 1. The third kappa shape index (κ3) is 1.95. The van der Waals surface area contributed by atoms with Crippen LogP contribution in [0.2, 0.25) is 0 Å². The van der Waals surface area contributed by atoms with Gasteiger partial charge in [0.1, 0.15) is 0 Å². The van der Waals surface area contributed by atoms with Crippen LogP contribution in [0.25, 0.3) is 0 Å². The first-order valence-corrected chi connectivity index (χ1v) is 6.10. The Morgan fingerprint density at radius 3 is 1.69 bits per heavy atom. The molecule has 0 amide bonds. The van der Waals surface area contributed by atoms with Crippen LogP contribution in [0.15, 0.2) is 4.79 Å². The van der Waals surface area contributed by atoms with Crippen molar-refractivity contribution in [2.24, 2.45) is 7.05 Å². The van der Waals surface area contributed by atoms with Crippen molar-refractivity contribution in [3.63, 3.8) is 0 Å². The van der Waals surface area contributed by atoms with Gasteiger partial charge in [0, 0.05) is 24.3 Å². The monoisotopic (exact) mass is 224 g/mol. The highest BCUT2D eigenvalue weighted by Gasteiger charge is 2.23. The van der Waals surface area contributed by atoms with Crippen molar-refractivity contribution in [3.05, 3.63) is 21.6 Å². The molecule has 0 atom stereocenters. The molecule has 0 bridgehead atoms. The molecule has 0 aliphatic carbocycles. The van der Waals surface area contributed by atoms with Crippen LogP contribution in [-0.2, 0) is 7.05 Å². The molecule has 1 aromatic heterocycles. The van der Waals surface area contributed by atoms with Gasteiger partial charge in [-0.05, 0) is 25.7 Å². The number of hydrogen-bond donors (Lipinski definition) is 0. The van der Waals surface area contributed by atoms with Crippen LogP contribution in [0, 0.1) is 0 Å². The van der Waals surface area contributed by atoms with Gasteiger partial charge in [0.2, 0.25) is 0 Å². The predicted octanol–water partition coefficient (Wildman–Crippen LogP) is 3.01. The maximum atomic E-state index is 12.3. The molecule has 1 heterocycles. The van der Waals surface area contributed by atoms with E-state index in [2.05, 4.69) is 41.5 Å².